The van der Waals surface area contributed by atoms with Gasteiger partial charge in [-0.15, -0.1) is 0 Å². The van der Waals surface area contributed by atoms with Crippen molar-refractivity contribution in [3.63, 3.8) is 0 Å². The maximum Gasteiger partial charge on any atom is 0.225 e. The van der Waals surface area contributed by atoms with Crippen molar-refractivity contribution < 1.29 is 4.39 Å². The Kier molecular flexibility index (Phi) is 5.41. The van der Waals surface area contributed by atoms with Crippen LogP contribution in [0.1, 0.15) is 25.8 Å². The van der Waals surface area contributed by atoms with Gasteiger partial charge in [-0.25, -0.2) is 9.37 Å². The van der Waals surface area contributed by atoms with Crippen molar-refractivity contribution in [2.24, 2.45) is 0 Å². The Hall–Kier alpha value is -3.02. The molecule has 1 atom stereocenters. The minimum absolute atomic E-state index is 0.242. The Bertz CT molecular complexity index is 883. The van der Waals surface area contributed by atoms with Crippen LogP contribution in [0.25, 0.3) is 11.3 Å². The summed E-state index contributed by atoms with van der Waals surface area (Å²) < 4.78 is 13.8. The smallest absolute Gasteiger partial charge is 0.225 e. The molecule has 2 aromatic heterocycles. The van der Waals surface area contributed by atoms with Gasteiger partial charge in [-0.3, -0.25) is 4.98 Å². The fourth-order valence-electron chi connectivity index (χ4n) is 2.45. The van der Waals surface area contributed by atoms with Gasteiger partial charge in [-0.05, 0) is 44.5 Å². The van der Waals surface area contributed by atoms with Crippen LogP contribution in [-0.4, -0.2) is 21.0 Å². The molecule has 3 aromatic rings. The van der Waals surface area contributed by atoms with Gasteiger partial charge in [0, 0.05) is 41.3 Å². The second-order valence-electron chi connectivity index (χ2n) is 6.19. The zero-order chi connectivity index (χ0) is 18.5. The molecule has 2 heterocycles. The molecule has 0 unspecified atom stereocenters. The second-order valence-corrected chi connectivity index (χ2v) is 6.19. The lowest BCUT2D eigenvalue weighted by molar-refractivity contribution is 0.619. The van der Waals surface area contributed by atoms with E-state index < -0.39 is 0 Å². The summed E-state index contributed by atoms with van der Waals surface area (Å²) >= 11 is 0. The number of halogens is 1. The second kappa shape index (κ2) is 7.91. The van der Waals surface area contributed by atoms with Crippen LogP contribution < -0.4 is 10.6 Å². The van der Waals surface area contributed by atoms with E-state index >= 15 is 0 Å². The van der Waals surface area contributed by atoms with E-state index in [2.05, 4.69) is 39.4 Å². The zero-order valence-corrected chi connectivity index (χ0v) is 15.1. The Morgan fingerprint density at radius 2 is 1.88 bits per heavy atom. The van der Waals surface area contributed by atoms with Gasteiger partial charge in [0.25, 0.3) is 0 Å². The van der Waals surface area contributed by atoms with E-state index in [0.29, 0.717) is 23.0 Å². The molecule has 0 spiro atoms. The van der Waals surface area contributed by atoms with Gasteiger partial charge in [0.15, 0.2) is 0 Å². The molecule has 26 heavy (non-hydrogen) atoms. The topological polar surface area (TPSA) is 62.7 Å². The lowest BCUT2D eigenvalue weighted by Gasteiger charge is -2.15. The van der Waals surface area contributed by atoms with Crippen LogP contribution in [-0.2, 0) is 0 Å². The van der Waals surface area contributed by atoms with Crippen LogP contribution in [0.5, 0.6) is 0 Å². The molecule has 0 saturated carbocycles. The van der Waals surface area contributed by atoms with E-state index in [4.69, 9.17) is 0 Å². The van der Waals surface area contributed by atoms with Gasteiger partial charge in [0.1, 0.15) is 11.6 Å². The predicted molar refractivity (Wildman–Crippen MR) is 103 cm³/mol. The molecule has 0 aliphatic heterocycles. The lowest BCUT2D eigenvalue weighted by atomic mass is 10.1. The Morgan fingerprint density at radius 3 is 2.62 bits per heavy atom. The zero-order valence-electron chi connectivity index (χ0n) is 15.1. The average Bonchev–Trinajstić information content (AvgIpc) is 2.66. The molecule has 1 aromatic carbocycles. The molecule has 0 saturated heterocycles. The van der Waals surface area contributed by atoms with Crippen molar-refractivity contribution in [1.82, 2.24) is 15.0 Å². The molecule has 0 radical (unpaired) electrons. The fraction of sp³-hybridized carbons (Fsp3) is 0.250. The minimum Gasteiger partial charge on any atom is -0.352 e. The van der Waals surface area contributed by atoms with Crippen LogP contribution >= 0.6 is 0 Å². The van der Waals surface area contributed by atoms with E-state index in [1.165, 1.54) is 6.07 Å². The van der Waals surface area contributed by atoms with Gasteiger partial charge in [0.2, 0.25) is 5.95 Å². The third-order valence-electron chi connectivity index (χ3n) is 4.22. The van der Waals surface area contributed by atoms with E-state index in [1.807, 2.05) is 24.3 Å². The van der Waals surface area contributed by atoms with Crippen LogP contribution in [0, 0.1) is 12.7 Å². The third-order valence-corrected chi connectivity index (χ3v) is 4.22. The monoisotopic (exact) mass is 351 g/mol. The number of pyridine rings is 1. The van der Waals surface area contributed by atoms with Gasteiger partial charge >= 0.3 is 0 Å². The summed E-state index contributed by atoms with van der Waals surface area (Å²) in [6, 6.07) is 10.8. The highest BCUT2D eigenvalue weighted by atomic mass is 19.1. The summed E-state index contributed by atoms with van der Waals surface area (Å²) in [7, 11) is 0. The highest BCUT2D eigenvalue weighted by Gasteiger charge is 2.11. The van der Waals surface area contributed by atoms with E-state index in [1.54, 1.807) is 25.4 Å². The normalized spacial score (nSPS) is 11.8. The standard InChI is InChI=1S/C20H22FN5/c1-4-13(2)23-20-25-18(15-8-10-22-11-9-15)12-19(26-20)24-17-7-5-6-16(21)14(17)3/h5-13H,4H2,1-3H3,(H2,23,24,25,26)/t13-/m0/s1. The first-order valence-electron chi connectivity index (χ1n) is 8.65. The van der Waals surface area contributed by atoms with Crippen molar-refractivity contribution in [3.8, 4) is 11.3 Å². The lowest BCUT2D eigenvalue weighted by Crippen LogP contribution is -2.16. The number of rotatable bonds is 6. The number of benzene rings is 1. The van der Waals surface area contributed by atoms with Crippen molar-refractivity contribution in [3.05, 3.63) is 60.2 Å². The van der Waals surface area contributed by atoms with Crippen molar-refractivity contribution in [2.45, 2.75) is 33.2 Å². The molecule has 5 nitrogen and oxygen atoms in total. The number of nitrogens with one attached hydrogen (secondary N) is 2. The summed E-state index contributed by atoms with van der Waals surface area (Å²) in [5.74, 6) is 0.882. The molecule has 0 fully saturated rings. The molecular formula is C20H22FN5. The molecule has 0 aliphatic carbocycles. The highest BCUT2D eigenvalue weighted by Crippen LogP contribution is 2.26. The average molecular weight is 351 g/mol. The maximum atomic E-state index is 13.8. The number of aromatic nitrogens is 3. The number of anilines is 3. The highest BCUT2D eigenvalue weighted by molar-refractivity contribution is 5.68. The Balaban J connectivity index is 2.00. The van der Waals surface area contributed by atoms with E-state index in [0.717, 1.165) is 17.7 Å². The third kappa shape index (κ3) is 4.14. The summed E-state index contributed by atoms with van der Waals surface area (Å²) in [4.78, 5) is 13.2. The first kappa shape index (κ1) is 17.8. The van der Waals surface area contributed by atoms with E-state index in [-0.39, 0.29) is 11.9 Å². The molecule has 2 N–H and O–H groups in total. The summed E-state index contributed by atoms with van der Waals surface area (Å²) in [5, 5.41) is 6.51. The quantitative estimate of drug-likeness (QED) is 0.658. The Morgan fingerprint density at radius 1 is 1.12 bits per heavy atom. The molecular weight excluding hydrogens is 329 g/mol. The van der Waals surface area contributed by atoms with Gasteiger partial charge in [0.05, 0.1) is 5.69 Å². The number of hydrogen-bond donors (Lipinski definition) is 2. The SMILES string of the molecule is CC[C@H](C)Nc1nc(Nc2cccc(F)c2C)cc(-c2ccncc2)n1. The largest absolute Gasteiger partial charge is 0.352 e. The van der Waals surface area contributed by atoms with Crippen molar-refractivity contribution >= 4 is 17.5 Å². The van der Waals surface area contributed by atoms with Crippen molar-refractivity contribution in [2.75, 3.05) is 10.6 Å². The molecule has 6 heteroatoms. The van der Waals surface area contributed by atoms with Gasteiger partial charge in [-0.2, -0.15) is 4.98 Å². The molecule has 0 amide bonds. The molecule has 134 valence electrons. The molecule has 0 aliphatic rings. The first-order chi connectivity index (χ1) is 12.6. The molecule has 0 bridgehead atoms. The minimum atomic E-state index is -0.253. The van der Waals surface area contributed by atoms with Crippen LogP contribution in [0.4, 0.5) is 21.8 Å². The van der Waals surface area contributed by atoms with Crippen LogP contribution in [0.2, 0.25) is 0 Å². The first-order valence-corrected chi connectivity index (χ1v) is 8.65. The van der Waals surface area contributed by atoms with Crippen LogP contribution in [0.15, 0.2) is 48.8 Å². The van der Waals surface area contributed by atoms with Gasteiger partial charge < -0.3 is 10.6 Å². The van der Waals surface area contributed by atoms with E-state index in [9.17, 15) is 4.39 Å². The predicted octanol–water partition coefficient (Wildman–Crippen LogP) is 4.94. The van der Waals surface area contributed by atoms with Crippen LogP contribution in [0.3, 0.4) is 0 Å². The summed E-state index contributed by atoms with van der Waals surface area (Å²) in [6.45, 7) is 5.91. The molecule has 3 rings (SSSR count). The van der Waals surface area contributed by atoms with Crippen molar-refractivity contribution in [1.29, 1.82) is 0 Å². The summed E-state index contributed by atoms with van der Waals surface area (Å²) in [5.41, 5.74) is 2.94. The number of nitrogens with zero attached hydrogens (tertiary/aromatic N) is 3. The number of hydrogen-bond acceptors (Lipinski definition) is 5. The fourth-order valence-corrected chi connectivity index (χ4v) is 2.45. The van der Waals surface area contributed by atoms with Gasteiger partial charge in [-0.1, -0.05) is 13.0 Å². The maximum absolute atomic E-state index is 13.8. The Labute approximate surface area is 152 Å². The summed E-state index contributed by atoms with van der Waals surface area (Å²) in [6.07, 6.45) is 4.40.